The molecule has 1 unspecified atom stereocenters. The largest absolute Gasteiger partial charge is 0.323 e. The van der Waals surface area contributed by atoms with E-state index in [4.69, 9.17) is 0 Å². The smallest absolute Gasteiger partial charge is 0.229 e. The number of carbonyl (C=O) groups excluding carboxylic acids is 2. The summed E-state index contributed by atoms with van der Waals surface area (Å²) in [6, 6.07) is 11.8. The Bertz CT molecular complexity index is 804. The number of rotatable bonds is 3. The third kappa shape index (κ3) is 3.02. The van der Waals surface area contributed by atoms with Crippen molar-refractivity contribution >= 4 is 23.2 Å². The third-order valence-corrected chi connectivity index (χ3v) is 4.49. The standard InChI is InChI=1S/C19H19FN2O2/c1-12-6-5-9-17(13(12)2)22-11-14(10-18(22)23)19(24)21-16-8-4-3-7-15(16)20/h3-9,14H,10-11H2,1-2H3,(H,21,24). The molecule has 3 rings (SSSR count). The Kier molecular flexibility index (Phi) is 4.34. The zero-order valence-corrected chi connectivity index (χ0v) is 13.7. The molecule has 1 N–H and O–H groups in total. The van der Waals surface area contributed by atoms with Crippen LogP contribution in [0.25, 0.3) is 0 Å². The van der Waals surface area contributed by atoms with Crippen LogP contribution in [0.1, 0.15) is 17.5 Å². The summed E-state index contributed by atoms with van der Waals surface area (Å²) < 4.78 is 13.7. The first kappa shape index (κ1) is 16.2. The predicted octanol–water partition coefficient (Wildman–Crippen LogP) is 3.43. The van der Waals surface area contributed by atoms with Crippen molar-refractivity contribution in [3.8, 4) is 0 Å². The molecule has 1 heterocycles. The molecule has 0 aliphatic carbocycles. The molecule has 124 valence electrons. The first-order valence-electron chi connectivity index (χ1n) is 7.89. The van der Waals surface area contributed by atoms with Crippen LogP contribution in [0.15, 0.2) is 42.5 Å². The molecular formula is C19H19FN2O2. The fourth-order valence-electron chi connectivity index (χ4n) is 2.94. The molecule has 0 radical (unpaired) electrons. The second-order valence-electron chi connectivity index (χ2n) is 6.09. The van der Waals surface area contributed by atoms with E-state index in [0.29, 0.717) is 6.54 Å². The summed E-state index contributed by atoms with van der Waals surface area (Å²) in [6.07, 6.45) is 0.133. The molecule has 1 aliphatic heterocycles. The van der Waals surface area contributed by atoms with Gasteiger partial charge in [0.15, 0.2) is 0 Å². The van der Waals surface area contributed by atoms with Crippen molar-refractivity contribution in [1.29, 1.82) is 0 Å². The number of nitrogens with one attached hydrogen (secondary N) is 1. The highest BCUT2D eigenvalue weighted by Gasteiger charge is 2.36. The second kappa shape index (κ2) is 6.43. The lowest BCUT2D eigenvalue weighted by atomic mass is 10.1. The maximum Gasteiger partial charge on any atom is 0.229 e. The second-order valence-corrected chi connectivity index (χ2v) is 6.09. The quantitative estimate of drug-likeness (QED) is 0.939. The van der Waals surface area contributed by atoms with Gasteiger partial charge in [-0.2, -0.15) is 0 Å². The highest BCUT2D eigenvalue weighted by Crippen LogP contribution is 2.30. The van der Waals surface area contributed by atoms with E-state index in [1.165, 1.54) is 12.1 Å². The monoisotopic (exact) mass is 326 g/mol. The number of para-hydroxylation sites is 1. The molecule has 4 nitrogen and oxygen atoms in total. The van der Waals surface area contributed by atoms with Gasteiger partial charge in [-0.1, -0.05) is 24.3 Å². The highest BCUT2D eigenvalue weighted by atomic mass is 19.1. The van der Waals surface area contributed by atoms with E-state index in [1.807, 2.05) is 32.0 Å². The summed E-state index contributed by atoms with van der Waals surface area (Å²) in [5.41, 5.74) is 3.10. The first-order valence-corrected chi connectivity index (χ1v) is 7.89. The molecule has 2 aromatic rings. The van der Waals surface area contributed by atoms with Gasteiger partial charge in [0, 0.05) is 18.7 Å². The van der Waals surface area contributed by atoms with Crippen LogP contribution < -0.4 is 10.2 Å². The minimum absolute atomic E-state index is 0.0858. The van der Waals surface area contributed by atoms with Gasteiger partial charge in [0.05, 0.1) is 11.6 Å². The number of hydrogen-bond acceptors (Lipinski definition) is 2. The normalized spacial score (nSPS) is 17.2. The van der Waals surface area contributed by atoms with Crippen LogP contribution in [0, 0.1) is 25.6 Å². The van der Waals surface area contributed by atoms with Gasteiger partial charge in [0.1, 0.15) is 5.82 Å². The van der Waals surface area contributed by atoms with Crippen LogP contribution >= 0.6 is 0 Å². The van der Waals surface area contributed by atoms with Crippen molar-refractivity contribution < 1.29 is 14.0 Å². The van der Waals surface area contributed by atoms with E-state index >= 15 is 0 Å². The van der Waals surface area contributed by atoms with Crippen LogP contribution in [0.4, 0.5) is 15.8 Å². The summed E-state index contributed by atoms with van der Waals surface area (Å²) >= 11 is 0. The predicted molar refractivity (Wildman–Crippen MR) is 91.4 cm³/mol. The maximum absolute atomic E-state index is 13.7. The molecule has 0 bridgehead atoms. The number of hydrogen-bond donors (Lipinski definition) is 1. The van der Waals surface area contributed by atoms with Crippen molar-refractivity contribution in [2.24, 2.45) is 5.92 Å². The van der Waals surface area contributed by atoms with Crippen molar-refractivity contribution in [2.45, 2.75) is 20.3 Å². The average molecular weight is 326 g/mol. The number of aryl methyl sites for hydroxylation is 1. The van der Waals surface area contributed by atoms with Crippen LogP contribution in [-0.2, 0) is 9.59 Å². The number of amides is 2. The Hall–Kier alpha value is -2.69. The minimum Gasteiger partial charge on any atom is -0.323 e. The lowest BCUT2D eigenvalue weighted by Crippen LogP contribution is -2.28. The van der Waals surface area contributed by atoms with Crippen molar-refractivity contribution in [3.05, 3.63) is 59.4 Å². The summed E-state index contributed by atoms with van der Waals surface area (Å²) in [4.78, 5) is 26.4. The molecule has 1 atom stereocenters. The van der Waals surface area contributed by atoms with Crippen LogP contribution in [0.3, 0.4) is 0 Å². The Morgan fingerprint density at radius 2 is 1.92 bits per heavy atom. The highest BCUT2D eigenvalue weighted by molar-refractivity contribution is 6.03. The molecule has 24 heavy (non-hydrogen) atoms. The summed E-state index contributed by atoms with van der Waals surface area (Å²) in [7, 11) is 0. The van der Waals surface area contributed by atoms with Gasteiger partial charge in [0.2, 0.25) is 11.8 Å². The van der Waals surface area contributed by atoms with Gasteiger partial charge in [-0.3, -0.25) is 9.59 Å². The van der Waals surface area contributed by atoms with Gasteiger partial charge in [-0.25, -0.2) is 4.39 Å². The third-order valence-electron chi connectivity index (χ3n) is 4.49. The number of benzene rings is 2. The lowest BCUT2D eigenvalue weighted by molar-refractivity contribution is -0.122. The van der Waals surface area contributed by atoms with Crippen molar-refractivity contribution in [1.82, 2.24) is 0 Å². The van der Waals surface area contributed by atoms with Crippen molar-refractivity contribution in [3.63, 3.8) is 0 Å². The van der Waals surface area contributed by atoms with E-state index in [-0.39, 0.29) is 23.9 Å². The van der Waals surface area contributed by atoms with Crippen molar-refractivity contribution in [2.75, 3.05) is 16.8 Å². The Labute approximate surface area is 140 Å². The first-order chi connectivity index (χ1) is 11.5. The molecular weight excluding hydrogens is 307 g/mol. The number of nitrogens with zero attached hydrogens (tertiary/aromatic N) is 1. The van der Waals surface area contributed by atoms with Crippen LogP contribution in [0.2, 0.25) is 0 Å². The van der Waals surface area contributed by atoms with E-state index < -0.39 is 11.7 Å². The molecule has 0 spiro atoms. The molecule has 2 amide bonds. The molecule has 0 aromatic heterocycles. The number of anilines is 2. The summed E-state index contributed by atoms with van der Waals surface area (Å²) in [5, 5.41) is 2.58. The van der Waals surface area contributed by atoms with Gasteiger partial charge in [-0.15, -0.1) is 0 Å². The zero-order valence-electron chi connectivity index (χ0n) is 13.7. The van der Waals surface area contributed by atoms with E-state index in [1.54, 1.807) is 17.0 Å². The number of halogens is 1. The van der Waals surface area contributed by atoms with Gasteiger partial charge in [0.25, 0.3) is 0 Å². The Balaban J connectivity index is 1.76. The fraction of sp³-hybridized carbons (Fsp3) is 0.263. The average Bonchev–Trinajstić information content (AvgIpc) is 2.94. The van der Waals surface area contributed by atoms with E-state index in [0.717, 1.165) is 16.8 Å². The topological polar surface area (TPSA) is 49.4 Å². The number of carbonyl (C=O) groups is 2. The lowest BCUT2D eigenvalue weighted by Gasteiger charge is -2.20. The molecule has 1 aliphatic rings. The van der Waals surface area contributed by atoms with E-state index in [2.05, 4.69) is 5.32 Å². The van der Waals surface area contributed by atoms with Gasteiger partial charge >= 0.3 is 0 Å². The zero-order chi connectivity index (χ0) is 17.3. The van der Waals surface area contributed by atoms with Gasteiger partial charge < -0.3 is 10.2 Å². The molecule has 0 saturated carbocycles. The fourth-order valence-corrected chi connectivity index (χ4v) is 2.94. The Morgan fingerprint density at radius 3 is 2.67 bits per heavy atom. The van der Waals surface area contributed by atoms with Gasteiger partial charge in [-0.05, 0) is 43.2 Å². The van der Waals surface area contributed by atoms with Crippen LogP contribution in [-0.4, -0.2) is 18.4 Å². The molecule has 1 fully saturated rings. The molecule has 5 heteroatoms. The van der Waals surface area contributed by atoms with Crippen LogP contribution in [0.5, 0.6) is 0 Å². The molecule has 1 saturated heterocycles. The Morgan fingerprint density at radius 1 is 1.17 bits per heavy atom. The summed E-state index contributed by atoms with van der Waals surface area (Å²) in [5.74, 6) is -1.39. The minimum atomic E-state index is -0.489. The molecule has 2 aromatic carbocycles. The van der Waals surface area contributed by atoms with E-state index in [9.17, 15) is 14.0 Å². The SMILES string of the molecule is Cc1cccc(N2CC(C(=O)Nc3ccccc3F)CC2=O)c1C. The maximum atomic E-state index is 13.7. The summed E-state index contributed by atoms with van der Waals surface area (Å²) in [6.45, 7) is 4.26.